The lowest BCUT2D eigenvalue weighted by Crippen LogP contribution is -2.32. The highest BCUT2D eigenvalue weighted by Crippen LogP contribution is 2.26. The van der Waals surface area contributed by atoms with Gasteiger partial charge in [-0.2, -0.15) is 0 Å². The van der Waals surface area contributed by atoms with Crippen molar-refractivity contribution in [3.05, 3.63) is 59.4 Å². The second-order valence-corrected chi connectivity index (χ2v) is 7.90. The zero-order valence-corrected chi connectivity index (χ0v) is 16.3. The molecule has 2 N–H and O–H groups in total. The number of halogens is 1. The summed E-state index contributed by atoms with van der Waals surface area (Å²) in [4.78, 5) is 12.1. The van der Waals surface area contributed by atoms with Crippen LogP contribution in [0.15, 0.2) is 47.4 Å². The topological polar surface area (TPSA) is 84.5 Å². The minimum absolute atomic E-state index is 0.0289. The minimum Gasteiger partial charge on any atom is -0.496 e. The van der Waals surface area contributed by atoms with Crippen LogP contribution in [-0.4, -0.2) is 28.0 Å². The van der Waals surface area contributed by atoms with Crippen LogP contribution in [0, 0.1) is 12.7 Å². The number of benzene rings is 2. The molecule has 8 heteroatoms. The van der Waals surface area contributed by atoms with Gasteiger partial charge < -0.3 is 10.1 Å². The third-order valence-corrected chi connectivity index (χ3v) is 5.47. The Morgan fingerprint density at radius 3 is 2.48 bits per heavy atom. The Bertz CT molecular complexity index is 898. The number of amides is 1. The van der Waals surface area contributed by atoms with Gasteiger partial charge in [-0.1, -0.05) is 17.7 Å². The molecule has 0 fully saturated rings. The molecular weight excluding hydrogens is 371 g/mol. The molecule has 1 unspecified atom stereocenters. The predicted molar refractivity (Wildman–Crippen MR) is 100 cm³/mol. The molecule has 2 aromatic carbocycles. The smallest absolute Gasteiger partial charge is 0.240 e. The zero-order valence-electron chi connectivity index (χ0n) is 15.5. The number of sulfonamides is 1. The molecule has 2 aromatic rings. The van der Waals surface area contributed by atoms with E-state index in [1.807, 2.05) is 32.0 Å². The number of methoxy groups -OCH3 is 1. The molecule has 1 atom stereocenters. The summed E-state index contributed by atoms with van der Waals surface area (Å²) < 4.78 is 44.8. The van der Waals surface area contributed by atoms with Gasteiger partial charge in [0.25, 0.3) is 0 Å². The number of carbonyl (C=O) groups is 1. The van der Waals surface area contributed by atoms with Gasteiger partial charge in [-0.3, -0.25) is 4.79 Å². The largest absolute Gasteiger partial charge is 0.496 e. The lowest BCUT2D eigenvalue weighted by atomic mass is 10.0. The van der Waals surface area contributed by atoms with Gasteiger partial charge in [0.2, 0.25) is 15.9 Å². The maximum Gasteiger partial charge on any atom is 0.240 e. The normalized spacial score (nSPS) is 12.4. The monoisotopic (exact) mass is 394 g/mol. The Kier molecular flexibility index (Phi) is 6.92. The number of carbonyl (C=O) groups excluding carboxylic acids is 1. The molecule has 0 bridgehead atoms. The standard InChI is InChI=1S/C19H23FN2O4S/c1-13-4-9-18(26-3)17(12-13)14(2)22-19(23)10-11-21-27(24,25)16-7-5-15(20)6-8-16/h4-9,12,14,21H,10-11H2,1-3H3,(H,22,23). The van der Waals surface area contributed by atoms with E-state index < -0.39 is 15.8 Å². The SMILES string of the molecule is COc1ccc(C)cc1C(C)NC(=O)CCNS(=O)(=O)c1ccc(F)cc1. The van der Waals surface area contributed by atoms with Gasteiger partial charge in [0, 0.05) is 18.5 Å². The third kappa shape index (κ3) is 5.77. The van der Waals surface area contributed by atoms with E-state index in [0.29, 0.717) is 5.75 Å². The average molecular weight is 394 g/mol. The van der Waals surface area contributed by atoms with E-state index in [0.717, 1.165) is 23.3 Å². The minimum atomic E-state index is -3.79. The zero-order chi connectivity index (χ0) is 20.0. The van der Waals surface area contributed by atoms with Gasteiger partial charge in [-0.05, 0) is 44.2 Å². The third-order valence-electron chi connectivity index (χ3n) is 4.00. The summed E-state index contributed by atoms with van der Waals surface area (Å²) in [5.74, 6) is -0.146. The van der Waals surface area contributed by atoms with Crippen molar-refractivity contribution in [3.63, 3.8) is 0 Å². The first kappa shape index (κ1) is 20.9. The Labute approximate surface area is 158 Å². The molecule has 0 saturated carbocycles. The number of hydrogen-bond donors (Lipinski definition) is 2. The van der Waals surface area contributed by atoms with E-state index in [9.17, 15) is 17.6 Å². The first-order valence-corrected chi connectivity index (χ1v) is 9.90. The van der Waals surface area contributed by atoms with Crippen LogP contribution < -0.4 is 14.8 Å². The molecule has 0 aliphatic heterocycles. The Morgan fingerprint density at radius 2 is 1.85 bits per heavy atom. The highest BCUT2D eigenvalue weighted by Gasteiger charge is 2.17. The van der Waals surface area contributed by atoms with Crippen molar-refractivity contribution in [2.75, 3.05) is 13.7 Å². The van der Waals surface area contributed by atoms with Crippen LogP contribution in [0.2, 0.25) is 0 Å². The number of aryl methyl sites for hydroxylation is 1. The molecule has 0 aliphatic carbocycles. The maximum atomic E-state index is 12.9. The summed E-state index contributed by atoms with van der Waals surface area (Å²) in [6.07, 6.45) is -0.0289. The van der Waals surface area contributed by atoms with E-state index in [-0.39, 0.29) is 29.8 Å². The summed E-state index contributed by atoms with van der Waals surface area (Å²) >= 11 is 0. The van der Waals surface area contributed by atoms with Crippen molar-refractivity contribution in [1.29, 1.82) is 0 Å². The van der Waals surface area contributed by atoms with E-state index in [1.165, 1.54) is 12.1 Å². The Balaban J connectivity index is 1.91. The number of rotatable bonds is 8. The van der Waals surface area contributed by atoms with Crippen LogP contribution in [0.1, 0.15) is 30.5 Å². The van der Waals surface area contributed by atoms with Gasteiger partial charge in [-0.15, -0.1) is 0 Å². The summed E-state index contributed by atoms with van der Waals surface area (Å²) in [5, 5.41) is 2.83. The molecule has 0 aliphatic rings. The molecule has 0 spiro atoms. The predicted octanol–water partition coefficient (Wildman–Crippen LogP) is 2.69. The Hall–Kier alpha value is -2.45. The van der Waals surface area contributed by atoms with Crippen molar-refractivity contribution in [2.45, 2.75) is 31.2 Å². The summed E-state index contributed by atoms with van der Waals surface area (Å²) in [5.41, 5.74) is 1.89. The van der Waals surface area contributed by atoms with Gasteiger partial charge in [0.05, 0.1) is 18.0 Å². The molecule has 27 heavy (non-hydrogen) atoms. The van der Waals surface area contributed by atoms with E-state index >= 15 is 0 Å². The van der Waals surface area contributed by atoms with Gasteiger partial charge >= 0.3 is 0 Å². The lowest BCUT2D eigenvalue weighted by Gasteiger charge is -2.18. The van der Waals surface area contributed by atoms with E-state index in [4.69, 9.17) is 4.74 Å². The summed E-state index contributed by atoms with van der Waals surface area (Å²) in [6, 6.07) is 9.87. The first-order chi connectivity index (χ1) is 12.7. The molecule has 6 nitrogen and oxygen atoms in total. The number of ether oxygens (including phenoxy) is 1. The molecule has 0 heterocycles. The van der Waals surface area contributed by atoms with Crippen LogP contribution in [0.25, 0.3) is 0 Å². The van der Waals surface area contributed by atoms with Crippen molar-refractivity contribution >= 4 is 15.9 Å². The van der Waals surface area contributed by atoms with Crippen molar-refractivity contribution in [3.8, 4) is 5.75 Å². The molecule has 146 valence electrons. The second kappa shape index (κ2) is 8.96. The van der Waals surface area contributed by atoms with E-state index in [1.54, 1.807) is 7.11 Å². The van der Waals surface area contributed by atoms with Crippen LogP contribution in [0.5, 0.6) is 5.75 Å². The van der Waals surface area contributed by atoms with Gasteiger partial charge in [0.1, 0.15) is 11.6 Å². The Morgan fingerprint density at radius 1 is 1.19 bits per heavy atom. The summed E-state index contributed by atoms with van der Waals surface area (Å²) in [6.45, 7) is 3.71. The van der Waals surface area contributed by atoms with Crippen molar-refractivity contribution < 1.29 is 22.3 Å². The second-order valence-electron chi connectivity index (χ2n) is 6.14. The molecule has 0 radical (unpaired) electrons. The molecule has 2 rings (SSSR count). The molecular formula is C19H23FN2O4S. The van der Waals surface area contributed by atoms with Crippen LogP contribution >= 0.6 is 0 Å². The summed E-state index contributed by atoms with van der Waals surface area (Å²) in [7, 11) is -2.22. The highest BCUT2D eigenvalue weighted by atomic mass is 32.2. The van der Waals surface area contributed by atoms with Crippen LogP contribution in [-0.2, 0) is 14.8 Å². The van der Waals surface area contributed by atoms with Gasteiger partial charge in [-0.25, -0.2) is 17.5 Å². The molecule has 1 amide bonds. The quantitative estimate of drug-likeness (QED) is 0.721. The van der Waals surface area contributed by atoms with Crippen molar-refractivity contribution in [1.82, 2.24) is 10.0 Å². The van der Waals surface area contributed by atoms with Crippen LogP contribution in [0.3, 0.4) is 0 Å². The lowest BCUT2D eigenvalue weighted by molar-refractivity contribution is -0.121. The van der Waals surface area contributed by atoms with Crippen LogP contribution in [0.4, 0.5) is 4.39 Å². The first-order valence-electron chi connectivity index (χ1n) is 8.42. The number of nitrogens with one attached hydrogen (secondary N) is 2. The van der Waals surface area contributed by atoms with Crippen molar-refractivity contribution in [2.24, 2.45) is 0 Å². The average Bonchev–Trinajstić information content (AvgIpc) is 2.61. The maximum absolute atomic E-state index is 12.9. The van der Waals surface area contributed by atoms with E-state index in [2.05, 4.69) is 10.0 Å². The number of hydrogen-bond acceptors (Lipinski definition) is 4. The fraction of sp³-hybridized carbons (Fsp3) is 0.316. The fourth-order valence-electron chi connectivity index (χ4n) is 2.58. The fourth-order valence-corrected chi connectivity index (χ4v) is 3.61. The molecule has 0 aromatic heterocycles. The van der Waals surface area contributed by atoms with Gasteiger partial charge in [0.15, 0.2) is 0 Å². The molecule has 0 saturated heterocycles. The highest BCUT2D eigenvalue weighted by molar-refractivity contribution is 7.89.